The standard InChI is InChI=1S/C10H16N2S2/c1-6(11)10-9(7-3-4-7)12-8(14-10)5-13-2/h6-7H,3-5,11H2,1-2H3. The fourth-order valence-electron chi connectivity index (χ4n) is 1.55. The zero-order chi connectivity index (χ0) is 10.1. The number of thiazole rings is 1. The predicted octanol–water partition coefficient (Wildman–Crippen LogP) is 2.90. The van der Waals surface area contributed by atoms with Crippen LogP contribution in [0.2, 0.25) is 0 Å². The van der Waals surface area contributed by atoms with Gasteiger partial charge in [0.2, 0.25) is 0 Å². The molecule has 1 aromatic heterocycles. The normalized spacial score (nSPS) is 18.5. The minimum Gasteiger partial charge on any atom is -0.323 e. The molecule has 0 bridgehead atoms. The summed E-state index contributed by atoms with van der Waals surface area (Å²) in [6.45, 7) is 2.06. The van der Waals surface area contributed by atoms with Crippen LogP contribution in [0, 0.1) is 0 Å². The minimum atomic E-state index is 0.152. The van der Waals surface area contributed by atoms with E-state index in [2.05, 4.69) is 13.2 Å². The molecule has 14 heavy (non-hydrogen) atoms. The van der Waals surface area contributed by atoms with E-state index in [9.17, 15) is 0 Å². The molecule has 1 fully saturated rings. The van der Waals surface area contributed by atoms with Crippen LogP contribution in [0.1, 0.15) is 47.3 Å². The molecule has 4 heteroatoms. The number of hydrogen-bond acceptors (Lipinski definition) is 4. The van der Waals surface area contributed by atoms with Crippen molar-refractivity contribution in [1.82, 2.24) is 4.98 Å². The van der Waals surface area contributed by atoms with Crippen molar-refractivity contribution in [3.8, 4) is 0 Å². The van der Waals surface area contributed by atoms with E-state index in [1.165, 1.54) is 28.4 Å². The lowest BCUT2D eigenvalue weighted by Gasteiger charge is -2.02. The molecule has 0 spiro atoms. The van der Waals surface area contributed by atoms with Crippen molar-refractivity contribution in [2.75, 3.05) is 6.26 Å². The molecule has 78 valence electrons. The fourth-order valence-corrected chi connectivity index (χ4v) is 3.35. The highest BCUT2D eigenvalue weighted by Crippen LogP contribution is 2.44. The summed E-state index contributed by atoms with van der Waals surface area (Å²) >= 11 is 3.63. The van der Waals surface area contributed by atoms with Gasteiger partial charge in [0.15, 0.2) is 0 Å². The molecule has 0 radical (unpaired) electrons. The van der Waals surface area contributed by atoms with Gasteiger partial charge in [-0.25, -0.2) is 4.98 Å². The van der Waals surface area contributed by atoms with E-state index in [1.807, 2.05) is 11.8 Å². The van der Waals surface area contributed by atoms with Crippen LogP contribution in [0.4, 0.5) is 0 Å². The maximum atomic E-state index is 5.95. The van der Waals surface area contributed by atoms with Gasteiger partial charge in [0.25, 0.3) is 0 Å². The molecule has 1 aliphatic rings. The van der Waals surface area contributed by atoms with Gasteiger partial charge in [-0.2, -0.15) is 11.8 Å². The number of nitrogens with zero attached hydrogens (tertiary/aromatic N) is 1. The Hall–Kier alpha value is -0.0600. The van der Waals surface area contributed by atoms with E-state index in [0.29, 0.717) is 0 Å². The molecule has 1 aliphatic carbocycles. The lowest BCUT2D eigenvalue weighted by Crippen LogP contribution is -2.05. The van der Waals surface area contributed by atoms with Crippen LogP contribution >= 0.6 is 23.1 Å². The molecule has 1 saturated carbocycles. The van der Waals surface area contributed by atoms with E-state index < -0.39 is 0 Å². The number of aromatic nitrogens is 1. The van der Waals surface area contributed by atoms with Gasteiger partial charge in [-0.15, -0.1) is 11.3 Å². The highest BCUT2D eigenvalue weighted by molar-refractivity contribution is 7.97. The minimum absolute atomic E-state index is 0.152. The average molecular weight is 228 g/mol. The Kier molecular flexibility index (Phi) is 3.14. The third kappa shape index (κ3) is 2.12. The van der Waals surface area contributed by atoms with E-state index in [1.54, 1.807) is 11.3 Å². The molecule has 1 atom stereocenters. The van der Waals surface area contributed by atoms with Gasteiger partial charge in [0.05, 0.1) is 5.69 Å². The largest absolute Gasteiger partial charge is 0.323 e. The summed E-state index contributed by atoms with van der Waals surface area (Å²) in [7, 11) is 0. The molecule has 2 nitrogen and oxygen atoms in total. The van der Waals surface area contributed by atoms with Crippen LogP contribution in [-0.4, -0.2) is 11.2 Å². The second-order valence-electron chi connectivity index (χ2n) is 3.85. The molecule has 0 amide bonds. The Labute approximate surface area is 93.3 Å². The molecule has 0 saturated heterocycles. The van der Waals surface area contributed by atoms with Crippen LogP contribution < -0.4 is 5.73 Å². The monoisotopic (exact) mass is 228 g/mol. The van der Waals surface area contributed by atoms with Crippen molar-refractivity contribution in [3.63, 3.8) is 0 Å². The Bertz CT molecular complexity index is 296. The second-order valence-corrected chi connectivity index (χ2v) is 5.83. The molecule has 1 aromatic rings. The quantitative estimate of drug-likeness (QED) is 0.861. The van der Waals surface area contributed by atoms with Gasteiger partial charge in [0.1, 0.15) is 5.01 Å². The Morgan fingerprint density at radius 2 is 2.36 bits per heavy atom. The van der Waals surface area contributed by atoms with Crippen molar-refractivity contribution in [3.05, 3.63) is 15.6 Å². The van der Waals surface area contributed by atoms with Gasteiger partial charge < -0.3 is 5.73 Å². The number of hydrogen-bond donors (Lipinski definition) is 1. The first-order chi connectivity index (χ1) is 6.72. The summed E-state index contributed by atoms with van der Waals surface area (Å²) in [5.41, 5.74) is 7.25. The zero-order valence-corrected chi connectivity index (χ0v) is 10.3. The van der Waals surface area contributed by atoms with Gasteiger partial charge in [0, 0.05) is 22.6 Å². The average Bonchev–Trinajstić information content (AvgIpc) is 2.88. The molecule has 0 aliphatic heterocycles. The fraction of sp³-hybridized carbons (Fsp3) is 0.700. The van der Waals surface area contributed by atoms with Crippen LogP contribution in [0.15, 0.2) is 0 Å². The zero-order valence-electron chi connectivity index (χ0n) is 8.62. The van der Waals surface area contributed by atoms with E-state index in [4.69, 9.17) is 10.7 Å². The number of rotatable bonds is 4. The Morgan fingerprint density at radius 1 is 1.64 bits per heavy atom. The summed E-state index contributed by atoms with van der Waals surface area (Å²) in [4.78, 5) is 6.02. The van der Waals surface area contributed by atoms with Crippen LogP contribution in [0.5, 0.6) is 0 Å². The van der Waals surface area contributed by atoms with Crippen molar-refractivity contribution in [2.24, 2.45) is 5.73 Å². The molecule has 2 N–H and O–H groups in total. The first kappa shape index (κ1) is 10.5. The summed E-state index contributed by atoms with van der Waals surface area (Å²) in [6.07, 6.45) is 4.73. The Morgan fingerprint density at radius 3 is 2.86 bits per heavy atom. The third-order valence-electron chi connectivity index (χ3n) is 2.37. The predicted molar refractivity (Wildman–Crippen MR) is 63.9 cm³/mol. The Balaban J connectivity index is 2.25. The molecular weight excluding hydrogens is 212 g/mol. The summed E-state index contributed by atoms with van der Waals surface area (Å²) < 4.78 is 0. The van der Waals surface area contributed by atoms with Gasteiger partial charge in [-0.3, -0.25) is 0 Å². The molecular formula is C10H16N2S2. The maximum Gasteiger partial charge on any atom is 0.103 e. The SMILES string of the molecule is CSCc1nc(C2CC2)c(C(C)N)s1. The maximum absolute atomic E-state index is 5.95. The van der Waals surface area contributed by atoms with E-state index in [0.717, 1.165) is 11.7 Å². The van der Waals surface area contributed by atoms with Crippen molar-refractivity contribution in [1.29, 1.82) is 0 Å². The first-order valence-corrected chi connectivity index (χ1v) is 7.17. The molecule has 2 rings (SSSR count). The second kappa shape index (κ2) is 4.21. The number of nitrogens with two attached hydrogens (primary N) is 1. The van der Waals surface area contributed by atoms with Gasteiger partial charge >= 0.3 is 0 Å². The van der Waals surface area contributed by atoms with E-state index >= 15 is 0 Å². The molecule has 1 unspecified atom stereocenters. The van der Waals surface area contributed by atoms with Crippen LogP contribution in [-0.2, 0) is 5.75 Å². The van der Waals surface area contributed by atoms with Crippen molar-refractivity contribution >= 4 is 23.1 Å². The van der Waals surface area contributed by atoms with Crippen LogP contribution in [0.3, 0.4) is 0 Å². The summed E-state index contributed by atoms with van der Waals surface area (Å²) in [5, 5.41) is 1.24. The summed E-state index contributed by atoms with van der Waals surface area (Å²) in [6, 6.07) is 0.152. The summed E-state index contributed by atoms with van der Waals surface area (Å²) in [5.74, 6) is 1.75. The van der Waals surface area contributed by atoms with Crippen LogP contribution in [0.25, 0.3) is 0 Å². The lowest BCUT2D eigenvalue weighted by molar-refractivity contribution is 0.810. The molecule has 0 aromatic carbocycles. The smallest absolute Gasteiger partial charge is 0.103 e. The molecule has 1 heterocycles. The highest BCUT2D eigenvalue weighted by atomic mass is 32.2. The topological polar surface area (TPSA) is 38.9 Å². The highest BCUT2D eigenvalue weighted by Gasteiger charge is 2.30. The third-order valence-corrected chi connectivity index (χ3v) is 4.39. The first-order valence-electron chi connectivity index (χ1n) is 4.96. The van der Waals surface area contributed by atoms with Gasteiger partial charge in [-0.05, 0) is 26.0 Å². The van der Waals surface area contributed by atoms with Crippen molar-refractivity contribution in [2.45, 2.75) is 37.5 Å². The number of thioether (sulfide) groups is 1. The van der Waals surface area contributed by atoms with Gasteiger partial charge in [-0.1, -0.05) is 0 Å². The van der Waals surface area contributed by atoms with E-state index in [-0.39, 0.29) is 6.04 Å². The lowest BCUT2D eigenvalue weighted by atomic mass is 10.2. The van der Waals surface area contributed by atoms with Crippen molar-refractivity contribution < 1.29 is 0 Å².